The lowest BCUT2D eigenvalue weighted by molar-refractivity contribution is 0.102. The quantitative estimate of drug-likeness (QED) is 0.588. The molecule has 3 rings (SSSR count). The minimum absolute atomic E-state index is 0.00413. The highest BCUT2D eigenvalue weighted by atomic mass is 32.2. The van der Waals surface area contributed by atoms with Crippen LogP contribution in [-0.2, 0) is 23.0 Å². The molecule has 0 saturated carbocycles. The van der Waals surface area contributed by atoms with Crippen molar-refractivity contribution >= 4 is 21.6 Å². The van der Waals surface area contributed by atoms with Crippen LogP contribution >= 0.6 is 0 Å². The Morgan fingerprint density at radius 1 is 0.967 bits per heavy atom. The van der Waals surface area contributed by atoms with Crippen molar-refractivity contribution in [3.63, 3.8) is 0 Å². The van der Waals surface area contributed by atoms with Gasteiger partial charge in [0.15, 0.2) is 0 Å². The van der Waals surface area contributed by atoms with Gasteiger partial charge in [-0.2, -0.15) is 0 Å². The number of halogens is 2. The first kappa shape index (κ1) is 21.6. The fraction of sp³-hybridized carbons (Fsp3) is 0.136. The van der Waals surface area contributed by atoms with Gasteiger partial charge in [0.1, 0.15) is 16.5 Å². The summed E-state index contributed by atoms with van der Waals surface area (Å²) in [6.07, 6.45) is 0.701. The van der Waals surface area contributed by atoms with Crippen LogP contribution in [0.25, 0.3) is 0 Å². The third-order valence-corrected chi connectivity index (χ3v) is 5.93. The molecule has 0 aliphatic rings. The van der Waals surface area contributed by atoms with Crippen molar-refractivity contribution in [1.29, 1.82) is 0 Å². The van der Waals surface area contributed by atoms with E-state index in [0.29, 0.717) is 17.7 Å². The molecule has 0 saturated heterocycles. The highest BCUT2D eigenvalue weighted by molar-refractivity contribution is 7.89. The van der Waals surface area contributed by atoms with E-state index in [0.717, 1.165) is 17.7 Å². The van der Waals surface area contributed by atoms with Crippen LogP contribution in [0.4, 0.5) is 14.5 Å². The molecule has 156 valence electrons. The molecule has 8 heteroatoms. The molecule has 3 aromatic rings. The normalized spacial score (nSPS) is 11.3. The lowest BCUT2D eigenvalue weighted by Crippen LogP contribution is -2.25. The number of carbonyl (C=O) groups excluding carboxylic acids is 1. The lowest BCUT2D eigenvalue weighted by atomic mass is 10.1. The summed E-state index contributed by atoms with van der Waals surface area (Å²) in [5, 5.41) is 2.73. The van der Waals surface area contributed by atoms with Gasteiger partial charge in [0, 0.05) is 17.8 Å². The van der Waals surface area contributed by atoms with Gasteiger partial charge in [-0.15, -0.1) is 0 Å². The van der Waals surface area contributed by atoms with E-state index in [1.165, 1.54) is 30.3 Å². The molecule has 0 bridgehead atoms. The summed E-state index contributed by atoms with van der Waals surface area (Å²) in [6.45, 7) is 1.79. The third kappa shape index (κ3) is 5.08. The van der Waals surface area contributed by atoms with Gasteiger partial charge in [0.25, 0.3) is 5.91 Å². The summed E-state index contributed by atoms with van der Waals surface area (Å²) in [5.41, 5.74) is 2.03. The van der Waals surface area contributed by atoms with E-state index >= 15 is 0 Å². The van der Waals surface area contributed by atoms with Crippen molar-refractivity contribution in [3.8, 4) is 0 Å². The molecule has 0 fully saturated rings. The number of sulfonamides is 1. The Morgan fingerprint density at radius 2 is 1.67 bits per heavy atom. The molecule has 0 aliphatic carbocycles. The average Bonchev–Trinajstić information content (AvgIpc) is 2.74. The van der Waals surface area contributed by atoms with Crippen molar-refractivity contribution in [3.05, 3.63) is 95.1 Å². The molecule has 0 aromatic heterocycles. The number of rotatable bonds is 7. The first-order valence-corrected chi connectivity index (χ1v) is 10.7. The fourth-order valence-corrected chi connectivity index (χ4v) is 3.97. The molecule has 3 aromatic carbocycles. The zero-order chi connectivity index (χ0) is 21.7. The van der Waals surface area contributed by atoms with E-state index < -0.39 is 32.5 Å². The Bertz CT molecular complexity index is 1160. The summed E-state index contributed by atoms with van der Waals surface area (Å²) in [4.78, 5) is 12.0. The molecule has 1 amide bonds. The molecule has 30 heavy (non-hydrogen) atoms. The second kappa shape index (κ2) is 9.15. The van der Waals surface area contributed by atoms with Crippen LogP contribution in [0.2, 0.25) is 0 Å². The fourth-order valence-electron chi connectivity index (χ4n) is 2.85. The molecule has 2 N–H and O–H groups in total. The molecule has 0 atom stereocenters. The second-order valence-electron chi connectivity index (χ2n) is 6.56. The van der Waals surface area contributed by atoms with Crippen LogP contribution in [0.15, 0.2) is 71.6 Å². The monoisotopic (exact) mass is 430 g/mol. The number of para-hydroxylation sites is 1. The van der Waals surface area contributed by atoms with Gasteiger partial charge < -0.3 is 5.32 Å². The van der Waals surface area contributed by atoms with E-state index in [4.69, 9.17) is 0 Å². The number of benzene rings is 3. The van der Waals surface area contributed by atoms with E-state index in [9.17, 15) is 22.0 Å². The van der Waals surface area contributed by atoms with Crippen LogP contribution in [0.3, 0.4) is 0 Å². The Labute approximate surface area is 173 Å². The van der Waals surface area contributed by atoms with E-state index in [1.807, 2.05) is 19.1 Å². The molecular formula is C22H20F2N2O3S. The Hall–Kier alpha value is -3.10. The van der Waals surface area contributed by atoms with Crippen molar-refractivity contribution < 1.29 is 22.0 Å². The maximum Gasteiger partial charge on any atom is 0.255 e. The molecule has 0 heterocycles. The zero-order valence-corrected chi connectivity index (χ0v) is 17.0. The maximum atomic E-state index is 14.3. The van der Waals surface area contributed by atoms with Crippen LogP contribution in [0.1, 0.15) is 28.4 Å². The predicted molar refractivity (Wildman–Crippen MR) is 111 cm³/mol. The van der Waals surface area contributed by atoms with Gasteiger partial charge in [-0.25, -0.2) is 21.9 Å². The van der Waals surface area contributed by atoms with Gasteiger partial charge in [0.2, 0.25) is 10.0 Å². The number of carbonyl (C=O) groups is 1. The average molecular weight is 430 g/mol. The molecule has 0 spiro atoms. The number of aryl methyl sites for hydroxylation is 1. The Morgan fingerprint density at radius 3 is 2.37 bits per heavy atom. The highest BCUT2D eigenvalue weighted by Crippen LogP contribution is 2.20. The van der Waals surface area contributed by atoms with Crippen LogP contribution < -0.4 is 10.0 Å². The predicted octanol–water partition coefficient (Wildman–Crippen LogP) is 4.26. The molecule has 0 unspecified atom stereocenters. The number of amides is 1. The van der Waals surface area contributed by atoms with Crippen molar-refractivity contribution in [2.45, 2.75) is 24.8 Å². The summed E-state index contributed by atoms with van der Waals surface area (Å²) in [5.74, 6) is -1.98. The standard InChI is InChI=1S/C22H20F2N2O3S/c1-2-16-5-3-4-6-20(16)26-22(27)17-9-12-19(24)21(13-17)30(28,29)25-14-15-7-10-18(23)11-8-15/h3-13,25H,2,14H2,1H3,(H,26,27). The van der Waals surface area contributed by atoms with Gasteiger partial charge in [-0.1, -0.05) is 37.3 Å². The molecule has 0 aliphatic heterocycles. The van der Waals surface area contributed by atoms with E-state index in [-0.39, 0.29) is 12.1 Å². The SMILES string of the molecule is CCc1ccccc1NC(=O)c1ccc(F)c(S(=O)(=O)NCc2ccc(F)cc2)c1. The number of hydrogen-bond donors (Lipinski definition) is 2. The van der Waals surface area contributed by atoms with Crippen LogP contribution in [-0.4, -0.2) is 14.3 Å². The maximum absolute atomic E-state index is 14.3. The lowest BCUT2D eigenvalue weighted by Gasteiger charge is -2.12. The summed E-state index contributed by atoms with van der Waals surface area (Å²) >= 11 is 0. The first-order valence-electron chi connectivity index (χ1n) is 9.23. The molecule has 0 radical (unpaired) electrons. The summed E-state index contributed by atoms with van der Waals surface area (Å²) in [6, 6.07) is 15.6. The topological polar surface area (TPSA) is 75.3 Å². The highest BCUT2D eigenvalue weighted by Gasteiger charge is 2.21. The van der Waals surface area contributed by atoms with Gasteiger partial charge in [-0.3, -0.25) is 4.79 Å². The summed E-state index contributed by atoms with van der Waals surface area (Å²) in [7, 11) is -4.24. The van der Waals surface area contributed by atoms with E-state index in [2.05, 4.69) is 10.0 Å². The van der Waals surface area contributed by atoms with Crippen LogP contribution in [0.5, 0.6) is 0 Å². The minimum atomic E-state index is -4.24. The van der Waals surface area contributed by atoms with Crippen LogP contribution in [0, 0.1) is 11.6 Å². The van der Waals surface area contributed by atoms with Gasteiger partial charge in [0.05, 0.1) is 0 Å². The van der Waals surface area contributed by atoms with Crippen molar-refractivity contribution in [2.75, 3.05) is 5.32 Å². The number of nitrogens with one attached hydrogen (secondary N) is 2. The Balaban J connectivity index is 1.81. The number of hydrogen-bond acceptors (Lipinski definition) is 3. The smallest absolute Gasteiger partial charge is 0.255 e. The second-order valence-corrected chi connectivity index (χ2v) is 8.30. The summed E-state index contributed by atoms with van der Waals surface area (Å²) < 4.78 is 54.6. The van der Waals surface area contributed by atoms with Gasteiger partial charge >= 0.3 is 0 Å². The van der Waals surface area contributed by atoms with Crippen molar-refractivity contribution in [1.82, 2.24) is 4.72 Å². The first-order chi connectivity index (χ1) is 14.3. The molecular weight excluding hydrogens is 410 g/mol. The zero-order valence-electron chi connectivity index (χ0n) is 16.2. The third-order valence-electron chi connectivity index (χ3n) is 4.51. The van der Waals surface area contributed by atoms with Crippen molar-refractivity contribution in [2.24, 2.45) is 0 Å². The largest absolute Gasteiger partial charge is 0.322 e. The van der Waals surface area contributed by atoms with Gasteiger partial charge in [-0.05, 0) is 53.9 Å². The Kier molecular flexibility index (Phi) is 6.59. The molecule has 5 nitrogen and oxygen atoms in total. The number of anilines is 1. The van der Waals surface area contributed by atoms with E-state index in [1.54, 1.807) is 12.1 Å². The minimum Gasteiger partial charge on any atom is -0.322 e.